The molecule has 0 aliphatic heterocycles. The van der Waals surface area contributed by atoms with Crippen molar-refractivity contribution in [2.45, 2.75) is 0 Å². The predicted octanol–water partition coefficient (Wildman–Crippen LogP) is 4.05. The normalized spacial score (nSPS) is 9.85. The minimum absolute atomic E-state index is 0.176. The van der Waals surface area contributed by atoms with Crippen molar-refractivity contribution in [2.24, 2.45) is 0 Å². The summed E-state index contributed by atoms with van der Waals surface area (Å²) in [5, 5.41) is 14.1. The van der Waals surface area contributed by atoms with Crippen molar-refractivity contribution in [1.29, 1.82) is 5.26 Å². The quantitative estimate of drug-likeness (QED) is 0.882. The van der Waals surface area contributed by atoms with Crippen LogP contribution in [0.5, 0.6) is 5.75 Å². The summed E-state index contributed by atoms with van der Waals surface area (Å²) in [6.07, 6.45) is 0. The monoisotopic (exact) mass is 370 g/mol. The van der Waals surface area contributed by atoms with Crippen molar-refractivity contribution in [3.05, 3.63) is 44.7 Å². The number of benzene rings is 1. The number of hydrogen-bond donors (Lipinski definition) is 1. The molecule has 0 saturated heterocycles. The van der Waals surface area contributed by atoms with Gasteiger partial charge in [0.05, 0.1) is 10.6 Å². The molecule has 1 N–H and O–H groups in total. The Morgan fingerprint density at radius 1 is 1.50 bits per heavy atom. The largest absolute Gasteiger partial charge is 0.482 e. The summed E-state index contributed by atoms with van der Waals surface area (Å²) in [5.74, 6) is 0.0830. The number of rotatable bonds is 4. The van der Waals surface area contributed by atoms with Gasteiger partial charge in [-0.2, -0.15) is 5.26 Å². The molecule has 0 spiro atoms. The Morgan fingerprint density at radius 3 is 3.00 bits per heavy atom. The van der Waals surface area contributed by atoms with E-state index in [2.05, 4.69) is 21.2 Å². The fourth-order valence-corrected chi connectivity index (χ4v) is 2.87. The SMILES string of the molecule is N#Cc1ccsc1NC(=O)COc1ccc(Br)cc1Cl. The Bertz CT molecular complexity index is 681. The van der Waals surface area contributed by atoms with E-state index in [0.717, 1.165) is 4.47 Å². The molecular formula is C13H8BrClN2O2S. The molecule has 1 aromatic carbocycles. The van der Waals surface area contributed by atoms with E-state index in [4.69, 9.17) is 21.6 Å². The summed E-state index contributed by atoms with van der Waals surface area (Å²) < 4.78 is 6.16. The highest BCUT2D eigenvalue weighted by Crippen LogP contribution is 2.28. The number of halogens is 2. The number of nitriles is 1. The summed E-state index contributed by atoms with van der Waals surface area (Å²) in [6.45, 7) is -0.176. The molecule has 102 valence electrons. The lowest BCUT2D eigenvalue weighted by Crippen LogP contribution is -2.20. The van der Waals surface area contributed by atoms with E-state index in [1.54, 1.807) is 29.6 Å². The minimum Gasteiger partial charge on any atom is -0.482 e. The number of nitrogens with zero attached hydrogens (tertiary/aromatic N) is 1. The van der Waals surface area contributed by atoms with Crippen molar-refractivity contribution in [2.75, 3.05) is 11.9 Å². The van der Waals surface area contributed by atoms with Crippen molar-refractivity contribution < 1.29 is 9.53 Å². The summed E-state index contributed by atoms with van der Waals surface area (Å²) in [6, 6.07) is 8.77. The van der Waals surface area contributed by atoms with Gasteiger partial charge in [-0.1, -0.05) is 27.5 Å². The summed E-state index contributed by atoms with van der Waals surface area (Å²) in [5.41, 5.74) is 0.435. The zero-order chi connectivity index (χ0) is 14.5. The first-order chi connectivity index (χ1) is 9.60. The number of ether oxygens (including phenoxy) is 1. The van der Waals surface area contributed by atoms with Gasteiger partial charge in [0, 0.05) is 4.47 Å². The maximum Gasteiger partial charge on any atom is 0.262 e. The molecule has 0 atom stereocenters. The van der Waals surface area contributed by atoms with Gasteiger partial charge in [0.1, 0.15) is 16.8 Å². The Morgan fingerprint density at radius 2 is 2.30 bits per heavy atom. The van der Waals surface area contributed by atoms with E-state index in [0.29, 0.717) is 21.3 Å². The number of thiophene rings is 1. The van der Waals surface area contributed by atoms with E-state index in [9.17, 15) is 4.79 Å². The molecule has 2 aromatic rings. The molecule has 20 heavy (non-hydrogen) atoms. The lowest BCUT2D eigenvalue weighted by Gasteiger charge is -2.08. The fourth-order valence-electron chi connectivity index (χ4n) is 1.39. The highest BCUT2D eigenvalue weighted by molar-refractivity contribution is 9.10. The van der Waals surface area contributed by atoms with Crippen LogP contribution < -0.4 is 10.1 Å². The molecule has 1 heterocycles. The Kier molecular flexibility index (Phi) is 5.01. The zero-order valence-corrected chi connectivity index (χ0v) is 13.2. The molecule has 0 aliphatic carbocycles. The van der Waals surface area contributed by atoms with Crippen LogP contribution >= 0.6 is 38.9 Å². The molecule has 0 aliphatic rings. The second kappa shape index (κ2) is 6.75. The minimum atomic E-state index is -0.345. The van der Waals surface area contributed by atoms with E-state index >= 15 is 0 Å². The summed E-state index contributed by atoms with van der Waals surface area (Å²) in [4.78, 5) is 11.7. The molecular weight excluding hydrogens is 364 g/mol. The second-order valence-corrected chi connectivity index (χ2v) is 5.93. The summed E-state index contributed by atoms with van der Waals surface area (Å²) in [7, 11) is 0. The number of amides is 1. The third kappa shape index (κ3) is 3.73. The number of carbonyl (C=O) groups is 1. The van der Waals surface area contributed by atoms with Crippen LogP contribution in [-0.4, -0.2) is 12.5 Å². The van der Waals surface area contributed by atoms with Gasteiger partial charge in [-0.25, -0.2) is 0 Å². The highest BCUT2D eigenvalue weighted by atomic mass is 79.9. The average molecular weight is 372 g/mol. The van der Waals surface area contributed by atoms with Gasteiger partial charge in [-0.3, -0.25) is 4.79 Å². The number of hydrogen-bond acceptors (Lipinski definition) is 4. The van der Waals surface area contributed by atoms with Gasteiger partial charge in [0.2, 0.25) is 0 Å². The highest BCUT2D eigenvalue weighted by Gasteiger charge is 2.10. The summed E-state index contributed by atoms with van der Waals surface area (Å²) >= 11 is 10.5. The lowest BCUT2D eigenvalue weighted by atomic mass is 10.3. The molecule has 0 bridgehead atoms. The maximum absolute atomic E-state index is 11.7. The van der Waals surface area contributed by atoms with Crippen LogP contribution in [0, 0.1) is 11.3 Å². The molecule has 0 saturated carbocycles. The van der Waals surface area contributed by atoms with Crippen LogP contribution in [-0.2, 0) is 4.79 Å². The van der Waals surface area contributed by atoms with E-state index in [1.165, 1.54) is 11.3 Å². The first-order valence-corrected chi connectivity index (χ1v) is 7.50. The second-order valence-electron chi connectivity index (χ2n) is 3.69. The molecule has 1 aromatic heterocycles. The van der Waals surface area contributed by atoms with Gasteiger partial charge >= 0.3 is 0 Å². The fraction of sp³-hybridized carbons (Fsp3) is 0.0769. The van der Waals surface area contributed by atoms with Crippen LogP contribution in [0.2, 0.25) is 5.02 Å². The number of nitrogens with one attached hydrogen (secondary N) is 1. The smallest absolute Gasteiger partial charge is 0.262 e. The third-order valence-corrected chi connectivity index (χ3v) is 3.91. The van der Waals surface area contributed by atoms with E-state index in [1.807, 2.05) is 6.07 Å². The predicted molar refractivity (Wildman–Crippen MR) is 82.3 cm³/mol. The van der Waals surface area contributed by atoms with Gasteiger partial charge in [-0.05, 0) is 29.6 Å². The maximum atomic E-state index is 11.7. The van der Waals surface area contributed by atoms with Gasteiger partial charge in [-0.15, -0.1) is 11.3 Å². The average Bonchev–Trinajstić information content (AvgIpc) is 2.85. The Hall–Kier alpha value is -1.55. The van der Waals surface area contributed by atoms with Crippen LogP contribution in [0.25, 0.3) is 0 Å². The van der Waals surface area contributed by atoms with Crippen LogP contribution in [0.4, 0.5) is 5.00 Å². The Labute approximate surface area is 133 Å². The molecule has 4 nitrogen and oxygen atoms in total. The Balaban J connectivity index is 1.94. The van der Waals surface area contributed by atoms with Crippen molar-refractivity contribution >= 4 is 49.8 Å². The molecule has 0 fully saturated rings. The topological polar surface area (TPSA) is 62.1 Å². The number of carbonyl (C=O) groups excluding carboxylic acids is 1. The molecule has 7 heteroatoms. The zero-order valence-electron chi connectivity index (χ0n) is 10.0. The van der Waals surface area contributed by atoms with Crippen LogP contribution in [0.1, 0.15) is 5.56 Å². The van der Waals surface area contributed by atoms with E-state index < -0.39 is 0 Å². The van der Waals surface area contributed by atoms with Crippen LogP contribution in [0.15, 0.2) is 34.1 Å². The van der Waals surface area contributed by atoms with Crippen molar-refractivity contribution in [3.63, 3.8) is 0 Å². The van der Waals surface area contributed by atoms with Crippen LogP contribution in [0.3, 0.4) is 0 Å². The molecule has 0 unspecified atom stereocenters. The lowest BCUT2D eigenvalue weighted by molar-refractivity contribution is -0.118. The first-order valence-electron chi connectivity index (χ1n) is 5.45. The molecule has 1 amide bonds. The van der Waals surface area contributed by atoms with E-state index in [-0.39, 0.29) is 12.5 Å². The van der Waals surface area contributed by atoms with Crippen molar-refractivity contribution in [3.8, 4) is 11.8 Å². The standard InChI is InChI=1S/C13H8BrClN2O2S/c14-9-1-2-11(10(15)5-9)19-7-12(18)17-13-8(6-16)3-4-20-13/h1-5H,7H2,(H,17,18). The van der Waals surface area contributed by atoms with Gasteiger partial charge in [0.25, 0.3) is 5.91 Å². The molecule has 0 radical (unpaired) electrons. The number of anilines is 1. The first kappa shape index (κ1) is 14.9. The van der Waals surface area contributed by atoms with Crippen molar-refractivity contribution in [1.82, 2.24) is 0 Å². The van der Waals surface area contributed by atoms with Gasteiger partial charge in [0.15, 0.2) is 6.61 Å². The molecule has 2 rings (SSSR count). The van der Waals surface area contributed by atoms with Gasteiger partial charge < -0.3 is 10.1 Å². The third-order valence-electron chi connectivity index (χ3n) is 2.29.